The molecule has 6 nitrogen and oxygen atoms in total. The summed E-state index contributed by atoms with van der Waals surface area (Å²) in [6.07, 6.45) is 86.2. The summed E-state index contributed by atoms with van der Waals surface area (Å²) in [5.74, 6) is -0.933. The zero-order chi connectivity index (χ0) is 54.3. The standard InChI is InChI=1S/C69H114O6/c1-4-7-10-13-16-19-22-25-28-30-32-34-36-38-41-44-47-50-53-56-59-62-68(71)74-65-66(64-73-67(70)61-58-55-52-49-46-43-40-27-24-21-18-15-12-9-6-3)75-69(72)63-60-57-54-51-48-45-42-39-37-35-33-31-29-26-23-20-17-14-11-8-5-2/h7,9-10,12,16,18-19,21,23,25-28,31-34,38,40-41,66H,4-6,8,11,13-15,17,20,22,24,29-30,35-37,39,42-65H2,1-3H3/b10-7-,12-9-,19-16-,21-18-,26-23-,28-25-,33-31-,34-32-,40-27-,41-38-. The summed E-state index contributed by atoms with van der Waals surface area (Å²) in [6, 6.07) is 0. The number of esters is 3. The largest absolute Gasteiger partial charge is 0.462 e. The third-order valence-corrected chi connectivity index (χ3v) is 12.9. The Morgan fingerprint density at radius 2 is 0.520 bits per heavy atom. The SMILES string of the molecule is CC/C=C\C/C=C\C/C=C\C/C=C\C/C=C\CCCCCCCC(=O)OCC(COC(=O)CCCCCCC/C=C\C/C=C\C/C=C\CC)OC(=O)CCCCCCCCCCC/C=C\C/C=C\CCCCCCC. The first-order chi connectivity index (χ1) is 37.0. The van der Waals surface area contributed by atoms with Crippen LogP contribution in [0, 0.1) is 0 Å². The lowest BCUT2D eigenvalue weighted by atomic mass is 10.1. The molecule has 0 bridgehead atoms. The average molecular weight is 1040 g/mol. The van der Waals surface area contributed by atoms with Crippen molar-refractivity contribution in [1.29, 1.82) is 0 Å². The molecular formula is C69H114O6. The Labute approximate surface area is 462 Å². The van der Waals surface area contributed by atoms with E-state index in [1.165, 1.54) is 83.5 Å². The van der Waals surface area contributed by atoms with Gasteiger partial charge in [-0.05, 0) is 128 Å². The fourth-order valence-electron chi connectivity index (χ4n) is 8.34. The predicted molar refractivity (Wildman–Crippen MR) is 325 cm³/mol. The molecule has 0 amide bonds. The van der Waals surface area contributed by atoms with Gasteiger partial charge in [-0.15, -0.1) is 0 Å². The minimum Gasteiger partial charge on any atom is -0.462 e. The molecule has 6 heteroatoms. The zero-order valence-corrected chi connectivity index (χ0v) is 48.8. The Morgan fingerprint density at radius 3 is 0.813 bits per heavy atom. The van der Waals surface area contributed by atoms with Gasteiger partial charge >= 0.3 is 17.9 Å². The fourth-order valence-corrected chi connectivity index (χ4v) is 8.34. The maximum Gasteiger partial charge on any atom is 0.306 e. The monoisotopic (exact) mass is 1040 g/mol. The van der Waals surface area contributed by atoms with E-state index in [0.717, 1.165) is 154 Å². The van der Waals surface area contributed by atoms with Crippen molar-refractivity contribution in [3.63, 3.8) is 0 Å². The van der Waals surface area contributed by atoms with Crippen LogP contribution in [0.1, 0.15) is 278 Å². The second kappa shape index (κ2) is 62.4. The van der Waals surface area contributed by atoms with Gasteiger partial charge < -0.3 is 14.2 Å². The van der Waals surface area contributed by atoms with Crippen LogP contribution in [0.5, 0.6) is 0 Å². The highest BCUT2D eigenvalue weighted by Gasteiger charge is 2.19. The summed E-state index contributed by atoms with van der Waals surface area (Å²) in [7, 11) is 0. The summed E-state index contributed by atoms with van der Waals surface area (Å²) >= 11 is 0. The first-order valence-electron chi connectivity index (χ1n) is 31.0. The van der Waals surface area contributed by atoms with Crippen LogP contribution >= 0.6 is 0 Å². The van der Waals surface area contributed by atoms with Crippen LogP contribution in [0.4, 0.5) is 0 Å². The molecule has 0 saturated carbocycles. The minimum atomic E-state index is -0.801. The molecule has 0 spiro atoms. The van der Waals surface area contributed by atoms with Crippen LogP contribution in [-0.4, -0.2) is 37.2 Å². The van der Waals surface area contributed by atoms with Gasteiger partial charge in [0.25, 0.3) is 0 Å². The Morgan fingerprint density at radius 1 is 0.280 bits per heavy atom. The van der Waals surface area contributed by atoms with Crippen molar-refractivity contribution in [3.05, 3.63) is 122 Å². The molecule has 0 rings (SSSR count). The predicted octanol–water partition coefficient (Wildman–Crippen LogP) is 21.2. The van der Waals surface area contributed by atoms with Crippen molar-refractivity contribution in [3.8, 4) is 0 Å². The summed E-state index contributed by atoms with van der Waals surface area (Å²) in [5.41, 5.74) is 0. The molecular weight excluding hydrogens is 925 g/mol. The molecule has 75 heavy (non-hydrogen) atoms. The molecule has 0 radical (unpaired) electrons. The highest BCUT2D eigenvalue weighted by molar-refractivity contribution is 5.71. The van der Waals surface area contributed by atoms with Crippen molar-refractivity contribution in [2.75, 3.05) is 13.2 Å². The summed E-state index contributed by atoms with van der Waals surface area (Å²) in [5, 5.41) is 0. The lowest BCUT2D eigenvalue weighted by Gasteiger charge is -2.18. The van der Waals surface area contributed by atoms with E-state index in [1.807, 2.05) is 0 Å². The van der Waals surface area contributed by atoms with Gasteiger partial charge in [-0.1, -0.05) is 251 Å². The molecule has 0 aromatic rings. The molecule has 0 aliphatic heterocycles. The molecule has 0 aromatic carbocycles. The lowest BCUT2D eigenvalue weighted by Crippen LogP contribution is -2.30. The maximum absolute atomic E-state index is 12.9. The average Bonchev–Trinajstić information content (AvgIpc) is 3.41. The van der Waals surface area contributed by atoms with E-state index in [4.69, 9.17) is 14.2 Å². The molecule has 0 saturated heterocycles. The van der Waals surface area contributed by atoms with Crippen molar-refractivity contribution in [1.82, 2.24) is 0 Å². The second-order valence-corrected chi connectivity index (χ2v) is 20.2. The van der Waals surface area contributed by atoms with E-state index in [9.17, 15) is 14.4 Å². The molecule has 0 aromatic heterocycles. The zero-order valence-electron chi connectivity index (χ0n) is 48.8. The molecule has 426 valence electrons. The molecule has 1 atom stereocenters. The fraction of sp³-hybridized carbons (Fsp3) is 0.667. The number of hydrogen-bond donors (Lipinski definition) is 0. The second-order valence-electron chi connectivity index (χ2n) is 20.2. The van der Waals surface area contributed by atoms with Crippen LogP contribution in [-0.2, 0) is 28.6 Å². The van der Waals surface area contributed by atoms with Crippen molar-refractivity contribution in [2.24, 2.45) is 0 Å². The number of allylic oxidation sites excluding steroid dienone is 20. The van der Waals surface area contributed by atoms with Gasteiger partial charge in [-0.25, -0.2) is 0 Å². The molecule has 1 unspecified atom stereocenters. The third kappa shape index (κ3) is 60.6. The van der Waals surface area contributed by atoms with E-state index in [0.29, 0.717) is 19.3 Å². The van der Waals surface area contributed by atoms with Crippen LogP contribution < -0.4 is 0 Å². The van der Waals surface area contributed by atoms with Crippen LogP contribution in [0.3, 0.4) is 0 Å². The first-order valence-corrected chi connectivity index (χ1v) is 31.0. The number of ether oxygens (including phenoxy) is 3. The van der Waals surface area contributed by atoms with E-state index >= 15 is 0 Å². The Bertz CT molecular complexity index is 1570. The molecule has 0 N–H and O–H groups in total. The highest BCUT2D eigenvalue weighted by Crippen LogP contribution is 2.15. The van der Waals surface area contributed by atoms with E-state index < -0.39 is 6.10 Å². The Balaban J connectivity index is 4.45. The van der Waals surface area contributed by atoms with Gasteiger partial charge in [0.1, 0.15) is 13.2 Å². The summed E-state index contributed by atoms with van der Waals surface area (Å²) in [6.45, 7) is 6.38. The smallest absolute Gasteiger partial charge is 0.306 e. The van der Waals surface area contributed by atoms with Gasteiger partial charge in [0.05, 0.1) is 0 Å². The Kier molecular flexibility index (Phi) is 58.9. The van der Waals surface area contributed by atoms with Crippen molar-refractivity contribution in [2.45, 2.75) is 284 Å². The molecule has 0 aliphatic carbocycles. The van der Waals surface area contributed by atoms with Crippen LogP contribution in [0.2, 0.25) is 0 Å². The van der Waals surface area contributed by atoms with Gasteiger partial charge in [0, 0.05) is 19.3 Å². The van der Waals surface area contributed by atoms with Crippen LogP contribution in [0.15, 0.2) is 122 Å². The number of hydrogen-bond acceptors (Lipinski definition) is 6. The molecule has 0 heterocycles. The maximum atomic E-state index is 12.9. The molecule has 0 fully saturated rings. The van der Waals surface area contributed by atoms with Crippen molar-refractivity contribution < 1.29 is 28.6 Å². The third-order valence-electron chi connectivity index (χ3n) is 12.9. The number of rotatable bonds is 55. The van der Waals surface area contributed by atoms with Gasteiger partial charge in [0.2, 0.25) is 0 Å². The minimum absolute atomic E-state index is 0.0976. The lowest BCUT2D eigenvalue weighted by molar-refractivity contribution is -0.167. The quantitative estimate of drug-likeness (QED) is 0.0261. The van der Waals surface area contributed by atoms with E-state index in [2.05, 4.69) is 142 Å². The van der Waals surface area contributed by atoms with E-state index in [1.54, 1.807) is 0 Å². The van der Waals surface area contributed by atoms with Gasteiger partial charge in [-0.3, -0.25) is 14.4 Å². The summed E-state index contributed by atoms with van der Waals surface area (Å²) < 4.78 is 16.9. The van der Waals surface area contributed by atoms with Gasteiger partial charge in [-0.2, -0.15) is 0 Å². The number of unbranched alkanes of at least 4 members (excludes halogenated alkanes) is 24. The number of carbonyl (C=O) groups is 3. The van der Waals surface area contributed by atoms with Gasteiger partial charge in [0.15, 0.2) is 6.10 Å². The van der Waals surface area contributed by atoms with Crippen molar-refractivity contribution >= 4 is 17.9 Å². The normalized spacial score (nSPS) is 12.9. The Hall–Kier alpha value is -4.19. The summed E-state index contributed by atoms with van der Waals surface area (Å²) in [4.78, 5) is 38.3. The highest BCUT2D eigenvalue weighted by atomic mass is 16.6. The number of carbonyl (C=O) groups excluding carboxylic acids is 3. The molecule has 0 aliphatic rings. The van der Waals surface area contributed by atoms with Crippen LogP contribution in [0.25, 0.3) is 0 Å². The topological polar surface area (TPSA) is 78.9 Å². The van der Waals surface area contributed by atoms with E-state index in [-0.39, 0.29) is 31.1 Å². The first kappa shape index (κ1) is 70.8.